The third kappa shape index (κ3) is 5.58. The van der Waals surface area contributed by atoms with E-state index in [1.165, 1.54) is 0 Å². The van der Waals surface area contributed by atoms with E-state index in [4.69, 9.17) is 17.3 Å². The molecular formula is C21H27N6OS+. The van der Waals surface area contributed by atoms with E-state index in [9.17, 15) is 4.79 Å². The summed E-state index contributed by atoms with van der Waals surface area (Å²) in [6, 6.07) is 14.1. The first-order valence-corrected chi connectivity index (χ1v) is 10.1. The molecule has 1 aromatic carbocycles. The minimum absolute atomic E-state index is 0.0158. The average molecular weight is 412 g/mol. The van der Waals surface area contributed by atoms with E-state index < -0.39 is 0 Å². The molecule has 1 amide bonds. The zero-order valence-corrected chi connectivity index (χ0v) is 17.8. The molecule has 0 aliphatic carbocycles. The second-order valence-corrected chi connectivity index (χ2v) is 7.79. The summed E-state index contributed by atoms with van der Waals surface area (Å²) in [7, 11) is 1.96. The van der Waals surface area contributed by atoms with Crippen LogP contribution in [0.2, 0.25) is 0 Å². The molecule has 29 heavy (non-hydrogen) atoms. The van der Waals surface area contributed by atoms with Gasteiger partial charge in [0.25, 0.3) is 5.91 Å². The molecular weight excluding hydrogens is 384 g/mol. The van der Waals surface area contributed by atoms with Gasteiger partial charge in [0.1, 0.15) is 0 Å². The highest BCUT2D eigenvalue weighted by atomic mass is 32.1. The predicted molar refractivity (Wildman–Crippen MR) is 115 cm³/mol. The highest BCUT2D eigenvalue weighted by Gasteiger charge is 2.17. The number of carbonyl (C=O) groups excluding carboxylic acids is 1. The number of benzene rings is 1. The Balaban J connectivity index is 1.88. The fourth-order valence-corrected chi connectivity index (χ4v) is 3.38. The van der Waals surface area contributed by atoms with Crippen molar-refractivity contribution in [3.8, 4) is 11.4 Å². The molecule has 7 nitrogen and oxygen atoms in total. The Morgan fingerprint density at radius 3 is 2.52 bits per heavy atom. The Hall–Kier alpha value is -2.84. The molecule has 2 heterocycles. The Bertz CT molecular complexity index is 997. The topological polar surface area (TPSA) is 69.2 Å². The molecule has 0 radical (unpaired) electrons. The van der Waals surface area contributed by atoms with Crippen molar-refractivity contribution >= 4 is 18.1 Å². The molecule has 0 bridgehead atoms. The van der Waals surface area contributed by atoms with Gasteiger partial charge < -0.3 is 10.2 Å². The van der Waals surface area contributed by atoms with E-state index in [0.29, 0.717) is 24.5 Å². The molecule has 3 rings (SSSR count). The van der Waals surface area contributed by atoms with E-state index in [1.807, 2.05) is 55.8 Å². The van der Waals surface area contributed by atoms with Crippen LogP contribution in [0, 0.1) is 4.77 Å². The Morgan fingerprint density at radius 2 is 1.86 bits per heavy atom. The zero-order chi connectivity index (χ0) is 20.8. The van der Waals surface area contributed by atoms with Gasteiger partial charge in [0.05, 0.1) is 13.6 Å². The number of hydrogen-bond acceptors (Lipinski definition) is 4. The predicted octanol–water partition coefficient (Wildman–Crippen LogP) is 1.52. The lowest BCUT2D eigenvalue weighted by molar-refractivity contribution is -0.895. The number of carbonyl (C=O) groups is 1. The van der Waals surface area contributed by atoms with Crippen LogP contribution in [-0.4, -0.2) is 44.9 Å². The van der Waals surface area contributed by atoms with Gasteiger partial charge in [-0.05, 0) is 43.8 Å². The van der Waals surface area contributed by atoms with Crippen molar-refractivity contribution in [1.29, 1.82) is 0 Å². The van der Waals surface area contributed by atoms with Gasteiger partial charge in [-0.25, -0.2) is 0 Å². The number of pyridine rings is 1. The number of quaternary nitrogens is 1. The van der Waals surface area contributed by atoms with Crippen molar-refractivity contribution in [1.82, 2.24) is 24.6 Å². The highest BCUT2D eigenvalue weighted by molar-refractivity contribution is 7.71. The minimum atomic E-state index is 0.0158. The Kier molecular flexibility index (Phi) is 6.90. The van der Waals surface area contributed by atoms with Crippen LogP contribution in [0.1, 0.15) is 19.4 Å². The summed E-state index contributed by atoms with van der Waals surface area (Å²) in [5.74, 6) is 0.808. The molecule has 0 spiro atoms. The molecule has 1 unspecified atom stereocenters. The monoisotopic (exact) mass is 411 g/mol. The van der Waals surface area contributed by atoms with Gasteiger partial charge in [-0.3, -0.25) is 14.3 Å². The van der Waals surface area contributed by atoms with Crippen molar-refractivity contribution in [2.24, 2.45) is 0 Å². The average Bonchev–Trinajstić information content (AvgIpc) is 2.98. The van der Waals surface area contributed by atoms with E-state index in [1.54, 1.807) is 17.1 Å². The summed E-state index contributed by atoms with van der Waals surface area (Å²) < 4.78 is 4.46. The second-order valence-electron chi connectivity index (χ2n) is 7.43. The largest absolute Gasteiger partial charge is 0.349 e. The molecule has 2 N–H and O–H groups in total. The fourth-order valence-electron chi connectivity index (χ4n) is 3.13. The van der Waals surface area contributed by atoms with Crippen LogP contribution in [0.3, 0.4) is 0 Å². The van der Waals surface area contributed by atoms with Crippen LogP contribution in [-0.2, 0) is 18.0 Å². The van der Waals surface area contributed by atoms with Crippen molar-refractivity contribution in [3.63, 3.8) is 0 Å². The SMILES string of the molecule is CC(C)NC(=O)C[NH+](C)Cn1nc(-c2ccncc2)n(Cc2ccccc2)c1=S. The lowest BCUT2D eigenvalue weighted by atomic mass is 10.2. The first kappa shape index (κ1) is 20.9. The summed E-state index contributed by atoms with van der Waals surface area (Å²) in [5.41, 5.74) is 2.10. The maximum atomic E-state index is 12.1. The van der Waals surface area contributed by atoms with Crippen LogP contribution in [0.4, 0.5) is 0 Å². The number of amides is 1. The summed E-state index contributed by atoms with van der Waals surface area (Å²) in [5, 5.41) is 7.70. The zero-order valence-electron chi connectivity index (χ0n) is 17.0. The molecule has 0 fully saturated rings. The molecule has 1 atom stereocenters. The van der Waals surface area contributed by atoms with Crippen molar-refractivity contribution < 1.29 is 9.69 Å². The summed E-state index contributed by atoms with van der Waals surface area (Å²) in [6.07, 6.45) is 3.50. The number of nitrogens with one attached hydrogen (secondary N) is 2. The fraction of sp³-hybridized carbons (Fsp3) is 0.333. The maximum absolute atomic E-state index is 12.1. The third-order valence-corrected chi connectivity index (χ3v) is 4.81. The molecule has 2 aromatic heterocycles. The van der Waals surface area contributed by atoms with Crippen LogP contribution in [0.25, 0.3) is 11.4 Å². The van der Waals surface area contributed by atoms with Crippen molar-refractivity contribution in [3.05, 3.63) is 65.2 Å². The molecule has 8 heteroatoms. The first-order chi connectivity index (χ1) is 13.9. The lowest BCUT2D eigenvalue weighted by Gasteiger charge is -2.14. The third-order valence-electron chi connectivity index (χ3n) is 4.38. The molecule has 0 aliphatic heterocycles. The minimum Gasteiger partial charge on any atom is -0.349 e. The van der Waals surface area contributed by atoms with Gasteiger partial charge in [-0.1, -0.05) is 30.3 Å². The summed E-state index contributed by atoms with van der Waals surface area (Å²) in [6.45, 7) is 5.40. The van der Waals surface area contributed by atoms with Gasteiger partial charge in [0, 0.05) is 24.0 Å². The number of aromatic nitrogens is 4. The first-order valence-electron chi connectivity index (χ1n) is 9.66. The number of likely N-dealkylation sites (N-methyl/N-ethyl adjacent to an activating group) is 1. The quantitative estimate of drug-likeness (QED) is 0.552. The van der Waals surface area contributed by atoms with Crippen molar-refractivity contribution in [2.75, 3.05) is 13.6 Å². The molecule has 152 valence electrons. The van der Waals surface area contributed by atoms with Gasteiger partial charge in [-0.2, -0.15) is 4.68 Å². The van der Waals surface area contributed by atoms with Crippen LogP contribution >= 0.6 is 12.2 Å². The standard InChI is InChI=1S/C21H26N6OS/c1-16(2)23-19(28)14-25(3)15-27-21(29)26(13-17-7-5-4-6-8-17)20(24-27)18-9-11-22-12-10-18/h4-12,16H,13-15H2,1-3H3,(H,23,28)/p+1. The van der Waals surface area contributed by atoms with Crippen molar-refractivity contribution in [2.45, 2.75) is 33.1 Å². The Labute approximate surface area is 176 Å². The smallest absolute Gasteiger partial charge is 0.275 e. The maximum Gasteiger partial charge on any atom is 0.275 e. The van der Waals surface area contributed by atoms with Crippen LogP contribution in [0.15, 0.2) is 54.9 Å². The Morgan fingerprint density at radius 1 is 1.17 bits per heavy atom. The van der Waals surface area contributed by atoms with Gasteiger partial charge >= 0.3 is 0 Å². The second kappa shape index (κ2) is 9.58. The van der Waals surface area contributed by atoms with E-state index in [-0.39, 0.29) is 11.9 Å². The normalized spacial score (nSPS) is 12.1. The number of rotatable bonds is 8. The van der Waals surface area contributed by atoms with E-state index >= 15 is 0 Å². The lowest BCUT2D eigenvalue weighted by Crippen LogP contribution is -3.09. The molecule has 0 saturated carbocycles. The van der Waals surface area contributed by atoms with E-state index in [2.05, 4.69) is 22.4 Å². The summed E-state index contributed by atoms with van der Waals surface area (Å²) in [4.78, 5) is 17.2. The number of nitrogens with zero attached hydrogens (tertiary/aromatic N) is 4. The van der Waals surface area contributed by atoms with Crippen LogP contribution in [0.5, 0.6) is 0 Å². The highest BCUT2D eigenvalue weighted by Crippen LogP contribution is 2.18. The number of hydrogen-bond donors (Lipinski definition) is 2. The molecule has 3 aromatic rings. The summed E-state index contributed by atoms with van der Waals surface area (Å²) >= 11 is 5.75. The van der Waals surface area contributed by atoms with Gasteiger partial charge in [0.2, 0.25) is 4.77 Å². The van der Waals surface area contributed by atoms with E-state index in [0.717, 1.165) is 21.9 Å². The van der Waals surface area contributed by atoms with Gasteiger partial charge in [-0.15, -0.1) is 5.10 Å². The van der Waals surface area contributed by atoms with Gasteiger partial charge in [0.15, 0.2) is 19.0 Å². The molecule has 0 aliphatic rings. The molecule has 0 saturated heterocycles. The van der Waals surface area contributed by atoms with Crippen LogP contribution < -0.4 is 10.2 Å².